The first-order chi connectivity index (χ1) is 8.56. The molecule has 2 unspecified atom stereocenters. The van der Waals surface area contributed by atoms with Gasteiger partial charge in [-0.1, -0.05) is 23.8 Å². The summed E-state index contributed by atoms with van der Waals surface area (Å²) in [7, 11) is 0. The molecule has 0 aromatic heterocycles. The zero-order valence-corrected chi connectivity index (χ0v) is 12.2. The Morgan fingerprint density at radius 1 is 1.28 bits per heavy atom. The van der Waals surface area contributed by atoms with E-state index in [1.54, 1.807) is 0 Å². The summed E-state index contributed by atoms with van der Waals surface area (Å²) in [6.07, 6.45) is 1.25. The molecule has 2 heteroatoms. The smallest absolute Gasteiger partial charge is 0.0239 e. The number of benzene rings is 1. The van der Waals surface area contributed by atoms with E-state index in [0.717, 1.165) is 19.6 Å². The molecule has 2 rings (SSSR count). The first-order valence-corrected chi connectivity index (χ1v) is 7.10. The molecule has 1 aliphatic heterocycles. The average molecular weight is 246 g/mol. The van der Waals surface area contributed by atoms with Crippen LogP contribution in [0, 0.1) is 13.8 Å². The number of nitrogens with one attached hydrogen (secondary N) is 1. The van der Waals surface area contributed by atoms with Crippen molar-refractivity contribution in [3.8, 4) is 0 Å². The Kier molecular flexibility index (Phi) is 4.41. The lowest BCUT2D eigenvalue weighted by atomic mass is 10.0. The zero-order chi connectivity index (χ0) is 13.1. The molecule has 1 aromatic rings. The molecular formula is C16H26N2. The summed E-state index contributed by atoms with van der Waals surface area (Å²) in [4.78, 5) is 2.62. The minimum atomic E-state index is 0.597. The molecule has 0 amide bonds. The largest absolute Gasteiger partial charge is 0.313 e. The van der Waals surface area contributed by atoms with Gasteiger partial charge in [0.25, 0.3) is 0 Å². The number of nitrogens with zero attached hydrogens (tertiary/aromatic N) is 1. The maximum absolute atomic E-state index is 3.57. The van der Waals surface area contributed by atoms with Crippen molar-refractivity contribution in [3.05, 3.63) is 34.9 Å². The highest BCUT2D eigenvalue weighted by Gasteiger charge is 2.20. The fraction of sp³-hybridized carbons (Fsp3) is 0.625. The molecule has 100 valence electrons. The van der Waals surface area contributed by atoms with Gasteiger partial charge in [0, 0.05) is 25.2 Å². The quantitative estimate of drug-likeness (QED) is 0.863. The van der Waals surface area contributed by atoms with Gasteiger partial charge < -0.3 is 5.32 Å². The fourth-order valence-electron chi connectivity index (χ4n) is 2.73. The molecule has 1 aromatic carbocycles. The summed E-state index contributed by atoms with van der Waals surface area (Å²) in [5.74, 6) is 0. The summed E-state index contributed by atoms with van der Waals surface area (Å²) in [6, 6.07) is 8.05. The minimum absolute atomic E-state index is 0.597. The first-order valence-electron chi connectivity index (χ1n) is 7.10. The van der Waals surface area contributed by atoms with Gasteiger partial charge >= 0.3 is 0 Å². The normalized spacial score (nSPS) is 26.0. The van der Waals surface area contributed by atoms with Crippen molar-refractivity contribution in [2.45, 2.75) is 52.7 Å². The van der Waals surface area contributed by atoms with Crippen LogP contribution in [0.15, 0.2) is 18.2 Å². The lowest BCUT2D eigenvalue weighted by Crippen LogP contribution is -2.38. The Morgan fingerprint density at radius 2 is 2.06 bits per heavy atom. The fourth-order valence-corrected chi connectivity index (χ4v) is 2.73. The van der Waals surface area contributed by atoms with E-state index in [0.29, 0.717) is 12.1 Å². The zero-order valence-electron chi connectivity index (χ0n) is 12.2. The van der Waals surface area contributed by atoms with Crippen molar-refractivity contribution in [2.24, 2.45) is 0 Å². The van der Waals surface area contributed by atoms with E-state index in [-0.39, 0.29) is 0 Å². The molecule has 1 N–H and O–H groups in total. The average Bonchev–Trinajstić information content (AvgIpc) is 2.47. The number of aryl methyl sites for hydroxylation is 2. The van der Waals surface area contributed by atoms with Gasteiger partial charge in [-0.05, 0) is 51.8 Å². The van der Waals surface area contributed by atoms with Crippen LogP contribution in [0.5, 0.6) is 0 Å². The highest BCUT2D eigenvalue weighted by atomic mass is 15.2. The molecule has 1 heterocycles. The van der Waals surface area contributed by atoms with Gasteiger partial charge in [0.05, 0.1) is 0 Å². The molecular weight excluding hydrogens is 220 g/mol. The van der Waals surface area contributed by atoms with E-state index in [1.165, 1.54) is 23.1 Å². The molecule has 1 saturated heterocycles. The van der Waals surface area contributed by atoms with Crippen LogP contribution >= 0.6 is 0 Å². The van der Waals surface area contributed by atoms with Gasteiger partial charge in [0.2, 0.25) is 0 Å². The third-order valence-electron chi connectivity index (χ3n) is 4.06. The summed E-state index contributed by atoms with van der Waals surface area (Å²) in [6.45, 7) is 12.4. The Labute approximate surface area is 111 Å². The van der Waals surface area contributed by atoms with Crippen LogP contribution < -0.4 is 5.32 Å². The predicted molar refractivity (Wildman–Crippen MR) is 77.9 cm³/mol. The Balaban J connectivity index is 2.13. The molecule has 0 radical (unpaired) electrons. The van der Waals surface area contributed by atoms with E-state index < -0.39 is 0 Å². The van der Waals surface area contributed by atoms with Crippen molar-refractivity contribution in [2.75, 3.05) is 13.1 Å². The SMILES string of the molecule is Cc1ccc(C)c(CN2CC(C)NCCC2C)c1. The van der Waals surface area contributed by atoms with Gasteiger partial charge in [-0.2, -0.15) is 0 Å². The van der Waals surface area contributed by atoms with Crippen LogP contribution in [0.1, 0.15) is 37.0 Å². The molecule has 0 bridgehead atoms. The van der Waals surface area contributed by atoms with E-state index in [1.807, 2.05) is 0 Å². The van der Waals surface area contributed by atoms with Crippen molar-refractivity contribution >= 4 is 0 Å². The standard InChI is InChI=1S/C16H26N2/c1-12-5-6-13(2)16(9-12)11-18-10-14(3)17-8-7-15(18)4/h5-6,9,14-15,17H,7-8,10-11H2,1-4H3. The van der Waals surface area contributed by atoms with Crippen molar-refractivity contribution in [1.29, 1.82) is 0 Å². The molecule has 1 aliphatic rings. The first kappa shape index (κ1) is 13.6. The van der Waals surface area contributed by atoms with E-state index in [9.17, 15) is 0 Å². The highest BCUT2D eigenvalue weighted by Crippen LogP contribution is 2.17. The molecule has 0 saturated carbocycles. The number of rotatable bonds is 2. The van der Waals surface area contributed by atoms with Crippen molar-refractivity contribution < 1.29 is 0 Å². The van der Waals surface area contributed by atoms with Gasteiger partial charge in [0.15, 0.2) is 0 Å². The second-order valence-electron chi connectivity index (χ2n) is 5.85. The van der Waals surface area contributed by atoms with Crippen LogP contribution in [-0.4, -0.2) is 30.1 Å². The van der Waals surface area contributed by atoms with Gasteiger partial charge in [-0.15, -0.1) is 0 Å². The topological polar surface area (TPSA) is 15.3 Å². The summed E-state index contributed by atoms with van der Waals surface area (Å²) in [5, 5.41) is 3.57. The van der Waals surface area contributed by atoms with E-state index in [4.69, 9.17) is 0 Å². The minimum Gasteiger partial charge on any atom is -0.313 e. The maximum Gasteiger partial charge on any atom is 0.0239 e. The maximum atomic E-state index is 3.57. The molecule has 1 fully saturated rings. The molecule has 2 nitrogen and oxygen atoms in total. The Hall–Kier alpha value is -0.860. The van der Waals surface area contributed by atoms with Crippen molar-refractivity contribution in [3.63, 3.8) is 0 Å². The van der Waals surface area contributed by atoms with Crippen LogP contribution in [0.2, 0.25) is 0 Å². The summed E-state index contributed by atoms with van der Waals surface area (Å²) < 4.78 is 0. The lowest BCUT2D eigenvalue weighted by molar-refractivity contribution is 0.198. The molecule has 2 atom stereocenters. The monoisotopic (exact) mass is 246 g/mol. The van der Waals surface area contributed by atoms with Crippen LogP contribution in [0.3, 0.4) is 0 Å². The predicted octanol–water partition coefficient (Wildman–Crippen LogP) is 2.88. The summed E-state index contributed by atoms with van der Waals surface area (Å²) >= 11 is 0. The van der Waals surface area contributed by atoms with Crippen LogP contribution in [0.4, 0.5) is 0 Å². The van der Waals surface area contributed by atoms with Crippen LogP contribution in [0.25, 0.3) is 0 Å². The van der Waals surface area contributed by atoms with E-state index >= 15 is 0 Å². The van der Waals surface area contributed by atoms with Crippen LogP contribution in [-0.2, 0) is 6.54 Å². The second-order valence-corrected chi connectivity index (χ2v) is 5.85. The van der Waals surface area contributed by atoms with Crippen molar-refractivity contribution in [1.82, 2.24) is 10.2 Å². The molecule has 0 spiro atoms. The van der Waals surface area contributed by atoms with E-state index in [2.05, 4.69) is 56.1 Å². The second kappa shape index (κ2) is 5.85. The number of hydrogen-bond donors (Lipinski definition) is 1. The van der Waals surface area contributed by atoms with Gasteiger partial charge in [-0.3, -0.25) is 4.90 Å². The molecule has 18 heavy (non-hydrogen) atoms. The molecule has 0 aliphatic carbocycles. The summed E-state index contributed by atoms with van der Waals surface area (Å²) in [5.41, 5.74) is 4.26. The third kappa shape index (κ3) is 3.33. The Bertz CT molecular complexity index is 400. The van der Waals surface area contributed by atoms with Gasteiger partial charge in [0.1, 0.15) is 0 Å². The highest BCUT2D eigenvalue weighted by molar-refractivity contribution is 5.30. The van der Waals surface area contributed by atoms with Gasteiger partial charge in [-0.25, -0.2) is 0 Å². The third-order valence-corrected chi connectivity index (χ3v) is 4.06. The number of hydrogen-bond acceptors (Lipinski definition) is 2. The Morgan fingerprint density at radius 3 is 2.83 bits per heavy atom. The lowest BCUT2D eigenvalue weighted by Gasteiger charge is -2.28.